The molecular formula is C13H20N2O3S2. The average Bonchev–Trinajstić information content (AvgIpc) is 2.94. The van der Waals surface area contributed by atoms with Gasteiger partial charge in [-0.3, -0.25) is 0 Å². The summed E-state index contributed by atoms with van der Waals surface area (Å²) in [6, 6.07) is 2.02. The normalized spacial score (nSPS) is 25.6. The minimum atomic E-state index is -3.39. The Bertz CT molecular complexity index is 570. The van der Waals surface area contributed by atoms with E-state index in [1.807, 2.05) is 11.4 Å². The summed E-state index contributed by atoms with van der Waals surface area (Å²) in [5.41, 5.74) is 1.14. The Hall–Kier alpha value is -0.470. The number of rotatable bonds is 3. The van der Waals surface area contributed by atoms with Crippen LogP contribution in [0.25, 0.3) is 0 Å². The molecule has 0 saturated carbocycles. The standard InChI is InChI=1S/C13H20N2O3S2/c16-10-11-2-1-5-14(8-11)20(17,18)15-6-3-13-12(9-15)4-7-19-13/h4,7,11,16H,1-3,5-6,8-10H2. The van der Waals surface area contributed by atoms with Crippen molar-refractivity contribution in [2.24, 2.45) is 5.92 Å². The molecule has 1 atom stereocenters. The van der Waals surface area contributed by atoms with Gasteiger partial charge < -0.3 is 5.11 Å². The molecular weight excluding hydrogens is 296 g/mol. The van der Waals surface area contributed by atoms with Crippen LogP contribution in [0, 0.1) is 5.92 Å². The highest BCUT2D eigenvalue weighted by atomic mass is 32.2. The Morgan fingerprint density at radius 2 is 2.20 bits per heavy atom. The van der Waals surface area contributed by atoms with Gasteiger partial charge in [0.25, 0.3) is 10.2 Å². The van der Waals surface area contributed by atoms with E-state index in [1.165, 1.54) is 4.88 Å². The van der Waals surface area contributed by atoms with Crippen LogP contribution in [0.5, 0.6) is 0 Å². The third-order valence-electron chi connectivity index (χ3n) is 4.17. The summed E-state index contributed by atoms with van der Waals surface area (Å²) in [6.45, 7) is 2.15. The van der Waals surface area contributed by atoms with Crippen LogP contribution in [0.3, 0.4) is 0 Å². The second kappa shape index (κ2) is 5.73. The van der Waals surface area contributed by atoms with Gasteiger partial charge in [-0.15, -0.1) is 11.3 Å². The molecule has 1 aromatic rings. The van der Waals surface area contributed by atoms with Crippen molar-refractivity contribution in [3.05, 3.63) is 21.9 Å². The predicted molar refractivity (Wildman–Crippen MR) is 78.7 cm³/mol. The van der Waals surface area contributed by atoms with Crippen LogP contribution in [0.1, 0.15) is 23.3 Å². The van der Waals surface area contributed by atoms with Crippen molar-refractivity contribution in [1.29, 1.82) is 0 Å². The fourth-order valence-corrected chi connectivity index (χ4v) is 5.57. The first kappa shape index (κ1) is 14.5. The Balaban J connectivity index is 1.75. The van der Waals surface area contributed by atoms with E-state index >= 15 is 0 Å². The molecule has 0 radical (unpaired) electrons. The van der Waals surface area contributed by atoms with E-state index in [0.717, 1.165) is 24.8 Å². The van der Waals surface area contributed by atoms with E-state index in [-0.39, 0.29) is 12.5 Å². The lowest BCUT2D eigenvalue weighted by molar-refractivity contribution is 0.160. The summed E-state index contributed by atoms with van der Waals surface area (Å²) in [6.07, 6.45) is 2.56. The minimum absolute atomic E-state index is 0.0701. The maximum Gasteiger partial charge on any atom is 0.282 e. The van der Waals surface area contributed by atoms with Crippen LogP contribution < -0.4 is 0 Å². The van der Waals surface area contributed by atoms with Crippen LogP contribution in [0.4, 0.5) is 0 Å². The lowest BCUT2D eigenvalue weighted by atomic mass is 10.0. The molecule has 20 heavy (non-hydrogen) atoms. The van der Waals surface area contributed by atoms with Gasteiger partial charge in [-0.2, -0.15) is 17.0 Å². The van der Waals surface area contributed by atoms with E-state index in [4.69, 9.17) is 0 Å². The first-order chi connectivity index (χ1) is 9.61. The summed E-state index contributed by atoms with van der Waals surface area (Å²) in [4.78, 5) is 1.31. The molecule has 1 saturated heterocycles. The molecule has 1 N–H and O–H groups in total. The summed E-state index contributed by atoms with van der Waals surface area (Å²) >= 11 is 1.71. The van der Waals surface area contributed by atoms with Crippen molar-refractivity contribution in [2.45, 2.75) is 25.8 Å². The monoisotopic (exact) mass is 316 g/mol. The smallest absolute Gasteiger partial charge is 0.282 e. The van der Waals surface area contributed by atoms with Gasteiger partial charge in [0.15, 0.2) is 0 Å². The summed E-state index contributed by atoms with van der Waals surface area (Å²) in [7, 11) is -3.39. The maximum absolute atomic E-state index is 12.7. The number of aliphatic hydroxyl groups is 1. The van der Waals surface area contributed by atoms with Gasteiger partial charge in [-0.25, -0.2) is 0 Å². The summed E-state index contributed by atoms with van der Waals surface area (Å²) in [5.74, 6) is 0.0834. The first-order valence-corrected chi connectivity index (χ1v) is 9.30. The Morgan fingerprint density at radius 1 is 1.35 bits per heavy atom. The number of piperidine rings is 1. The number of nitrogens with zero attached hydrogens (tertiary/aromatic N) is 2. The van der Waals surface area contributed by atoms with Gasteiger partial charge in [-0.1, -0.05) is 0 Å². The fraction of sp³-hybridized carbons (Fsp3) is 0.692. The zero-order chi connectivity index (χ0) is 14.2. The number of fused-ring (bicyclic) bond motifs is 1. The molecule has 0 aliphatic carbocycles. The van der Waals surface area contributed by atoms with Crippen LogP contribution in [0.2, 0.25) is 0 Å². The molecule has 0 spiro atoms. The van der Waals surface area contributed by atoms with Gasteiger partial charge in [-0.05, 0) is 42.2 Å². The maximum atomic E-state index is 12.7. The highest BCUT2D eigenvalue weighted by Crippen LogP contribution is 2.28. The largest absolute Gasteiger partial charge is 0.396 e. The number of thiophene rings is 1. The zero-order valence-corrected chi connectivity index (χ0v) is 13.0. The second-order valence-corrected chi connectivity index (χ2v) is 8.44. The molecule has 112 valence electrons. The van der Waals surface area contributed by atoms with Crippen LogP contribution in [-0.2, 0) is 23.2 Å². The van der Waals surface area contributed by atoms with Gasteiger partial charge >= 0.3 is 0 Å². The quantitative estimate of drug-likeness (QED) is 0.907. The van der Waals surface area contributed by atoms with E-state index in [9.17, 15) is 13.5 Å². The molecule has 3 rings (SSSR count). The molecule has 0 bridgehead atoms. The molecule has 7 heteroatoms. The van der Waals surface area contributed by atoms with Gasteiger partial charge in [0, 0.05) is 37.7 Å². The van der Waals surface area contributed by atoms with E-state index in [0.29, 0.717) is 26.2 Å². The molecule has 0 aromatic carbocycles. The SMILES string of the molecule is O=S(=O)(N1CCc2sccc2C1)N1CCCC(CO)C1. The molecule has 2 aliphatic heterocycles. The van der Waals surface area contributed by atoms with Crippen molar-refractivity contribution < 1.29 is 13.5 Å². The van der Waals surface area contributed by atoms with Gasteiger partial charge in [0.1, 0.15) is 0 Å². The van der Waals surface area contributed by atoms with E-state index < -0.39 is 10.2 Å². The van der Waals surface area contributed by atoms with E-state index in [1.54, 1.807) is 19.9 Å². The Kier molecular flexibility index (Phi) is 4.14. The predicted octanol–water partition coefficient (Wildman–Crippen LogP) is 1.06. The van der Waals surface area contributed by atoms with Gasteiger partial charge in [0.2, 0.25) is 0 Å². The fourth-order valence-electron chi connectivity index (χ4n) is 2.97. The third kappa shape index (κ3) is 2.65. The number of hydrogen-bond donors (Lipinski definition) is 1. The van der Waals surface area contributed by atoms with Crippen molar-refractivity contribution >= 4 is 21.5 Å². The first-order valence-electron chi connectivity index (χ1n) is 7.02. The van der Waals surface area contributed by atoms with Crippen LogP contribution >= 0.6 is 11.3 Å². The molecule has 1 aromatic heterocycles. The zero-order valence-electron chi connectivity index (χ0n) is 11.4. The van der Waals surface area contributed by atoms with Crippen molar-refractivity contribution in [3.63, 3.8) is 0 Å². The van der Waals surface area contributed by atoms with E-state index in [2.05, 4.69) is 0 Å². The average molecular weight is 316 g/mol. The highest BCUT2D eigenvalue weighted by Gasteiger charge is 2.35. The Labute approximate surface area is 124 Å². The highest BCUT2D eigenvalue weighted by molar-refractivity contribution is 7.86. The van der Waals surface area contributed by atoms with Crippen molar-refractivity contribution in [2.75, 3.05) is 26.2 Å². The minimum Gasteiger partial charge on any atom is -0.396 e. The summed E-state index contributed by atoms with van der Waals surface area (Å²) in [5, 5.41) is 11.3. The van der Waals surface area contributed by atoms with Crippen LogP contribution in [0.15, 0.2) is 11.4 Å². The molecule has 3 heterocycles. The molecule has 5 nitrogen and oxygen atoms in total. The van der Waals surface area contributed by atoms with Crippen molar-refractivity contribution in [3.8, 4) is 0 Å². The van der Waals surface area contributed by atoms with Crippen LogP contribution in [-0.4, -0.2) is 48.4 Å². The summed E-state index contributed by atoms with van der Waals surface area (Å²) < 4.78 is 28.6. The van der Waals surface area contributed by atoms with Crippen molar-refractivity contribution in [1.82, 2.24) is 8.61 Å². The van der Waals surface area contributed by atoms with Gasteiger partial charge in [0.05, 0.1) is 0 Å². The molecule has 0 amide bonds. The number of aliphatic hydroxyl groups excluding tert-OH is 1. The third-order valence-corrected chi connectivity index (χ3v) is 7.14. The topological polar surface area (TPSA) is 60.9 Å². The molecule has 1 fully saturated rings. The number of hydrogen-bond acceptors (Lipinski definition) is 4. The molecule has 1 unspecified atom stereocenters. The lowest BCUT2D eigenvalue weighted by Gasteiger charge is -2.36. The Morgan fingerprint density at radius 3 is 3.00 bits per heavy atom. The lowest BCUT2D eigenvalue weighted by Crippen LogP contribution is -2.49. The second-order valence-electron chi connectivity index (χ2n) is 5.51. The molecule has 2 aliphatic rings.